The molecule has 0 aliphatic carbocycles. The molecule has 0 saturated carbocycles. The zero-order chi connectivity index (χ0) is 15.3. The standard InChI is InChI=1S/C15H24N2O3S/c1-3-9-17-21(18,19)15-7-5-4-6-13(15)20-14-11-16-10-8-12(14)2/h4-7,12,14,16-17H,3,8-11H2,1-2H3. The Bertz CT molecular complexity index is 560. The van der Waals surface area contributed by atoms with Crippen molar-refractivity contribution in [2.24, 2.45) is 5.92 Å². The molecule has 6 heteroatoms. The predicted octanol–water partition coefficient (Wildman–Crippen LogP) is 1.75. The summed E-state index contributed by atoms with van der Waals surface area (Å²) in [6.45, 7) is 6.23. The van der Waals surface area contributed by atoms with Gasteiger partial charge in [-0.25, -0.2) is 13.1 Å². The van der Waals surface area contributed by atoms with Crippen molar-refractivity contribution in [3.63, 3.8) is 0 Å². The average molecular weight is 312 g/mol. The summed E-state index contributed by atoms with van der Waals surface area (Å²) < 4.78 is 33.2. The summed E-state index contributed by atoms with van der Waals surface area (Å²) in [5.74, 6) is 0.840. The van der Waals surface area contributed by atoms with E-state index in [0.29, 0.717) is 18.2 Å². The molecule has 0 spiro atoms. The predicted molar refractivity (Wildman–Crippen MR) is 83.0 cm³/mol. The number of ether oxygens (including phenoxy) is 1. The molecular formula is C15H24N2O3S. The fourth-order valence-electron chi connectivity index (χ4n) is 2.37. The van der Waals surface area contributed by atoms with Gasteiger partial charge in [-0.3, -0.25) is 0 Å². The number of nitrogens with one attached hydrogen (secondary N) is 2. The number of para-hydroxylation sites is 1. The van der Waals surface area contributed by atoms with Crippen molar-refractivity contribution in [3.8, 4) is 5.75 Å². The first-order chi connectivity index (χ1) is 10.0. The van der Waals surface area contributed by atoms with Gasteiger partial charge in [-0.1, -0.05) is 26.0 Å². The molecule has 118 valence electrons. The topological polar surface area (TPSA) is 67.4 Å². The first-order valence-electron chi connectivity index (χ1n) is 7.50. The Morgan fingerprint density at radius 2 is 2.14 bits per heavy atom. The minimum Gasteiger partial charge on any atom is -0.487 e. The van der Waals surface area contributed by atoms with Crippen LogP contribution >= 0.6 is 0 Å². The first-order valence-corrected chi connectivity index (χ1v) is 8.99. The molecule has 1 fully saturated rings. The highest BCUT2D eigenvalue weighted by Crippen LogP contribution is 2.26. The van der Waals surface area contributed by atoms with Crippen LogP contribution in [-0.4, -0.2) is 34.2 Å². The van der Waals surface area contributed by atoms with E-state index in [-0.39, 0.29) is 11.0 Å². The van der Waals surface area contributed by atoms with E-state index in [0.717, 1.165) is 25.9 Å². The fourth-order valence-corrected chi connectivity index (χ4v) is 3.63. The molecule has 1 aromatic rings. The van der Waals surface area contributed by atoms with Gasteiger partial charge in [0.2, 0.25) is 10.0 Å². The fraction of sp³-hybridized carbons (Fsp3) is 0.600. The van der Waals surface area contributed by atoms with Gasteiger partial charge in [0.1, 0.15) is 16.7 Å². The number of hydrogen-bond acceptors (Lipinski definition) is 4. The minimum absolute atomic E-state index is 0.00118. The van der Waals surface area contributed by atoms with Crippen molar-refractivity contribution in [2.45, 2.75) is 37.7 Å². The average Bonchev–Trinajstić information content (AvgIpc) is 2.48. The molecule has 2 rings (SSSR count). The zero-order valence-electron chi connectivity index (χ0n) is 12.6. The van der Waals surface area contributed by atoms with Crippen LogP contribution in [0.5, 0.6) is 5.75 Å². The minimum atomic E-state index is -3.52. The Labute approximate surface area is 127 Å². The lowest BCUT2D eigenvalue weighted by atomic mass is 9.97. The lowest BCUT2D eigenvalue weighted by molar-refractivity contribution is 0.111. The zero-order valence-corrected chi connectivity index (χ0v) is 13.4. The molecule has 1 heterocycles. The first kappa shape index (κ1) is 16.3. The molecule has 0 radical (unpaired) electrons. The van der Waals surface area contributed by atoms with Crippen LogP contribution in [0.15, 0.2) is 29.2 Å². The van der Waals surface area contributed by atoms with E-state index in [1.807, 2.05) is 6.92 Å². The molecule has 1 aliphatic rings. The van der Waals surface area contributed by atoms with E-state index in [4.69, 9.17) is 4.74 Å². The number of benzene rings is 1. The molecule has 5 nitrogen and oxygen atoms in total. The monoisotopic (exact) mass is 312 g/mol. The SMILES string of the molecule is CCCNS(=O)(=O)c1ccccc1OC1CNCCC1C. The lowest BCUT2D eigenvalue weighted by Crippen LogP contribution is -2.43. The van der Waals surface area contributed by atoms with E-state index in [1.54, 1.807) is 24.3 Å². The summed E-state index contributed by atoms with van der Waals surface area (Å²) in [6.07, 6.45) is 1.79. The maximum atomic E-state index is 12.3. The Balaban J connectivity index is 2.20. The van der Waals surface area contributed by atoms with Crippen molar-refractivity contribution in [1.29, 1.82) is 0 Å². The Morgan fingerprint density at radius 1 is 1.38 bits per heavy atom. The van der Waals surface area contributed by atoms with E-state index in [2.05, 4.69) is 17.0 Å². The highest BCUT2D eigenvalue weighted by Gasteiger charge is 2.26. The van der Waals surface area contributed by atoms with Crippen molar-refractivity contribution in [2.75, 3.05) is 19.6 Å². The van der Waals surface area contributed by atoms with Gasteiger partial charge in [-0.2, -0.15) is 0 Å². The van der Waals surface area contributed by atoms with Gasteiger partial charge in [0, 0.05) is 13.1 Å². The molecule has 21 heavy (non-hydrogen) atoms. The van der Waals surface area contributed by atoms with E-state index in [1.165, 1.54) is 0 Å². The smallest absolute Gasteiger partial charge is 0.244 e. The van der Waals surface area contributed by atoms with Gasteiger partial charge >= 0.3 is 0 Å². The van der Waals surface area contributed by atoms with Gasteiger partial charge in [-0.15, -0.1) is 0 Å². The molecule has 2 unspecified atom stereocenters. The summed E-state index contributed by atoms with van der Waals surface area (Å²) in [5.41, 5.74) is 0. The maximum Gasteiger partial charge on any atom is 0.244 e. The Hall–Kier alpha value is -1.11. The normalized spacial score (nSPS) is 23.0. The van der Waals surface area contributed by atoms with Crippen LogP contribution in [0.1, 0.15) is 26.7 Å². The second-order valence-electron chi connectivity index (χ2n) is 5.47. The highest BCUT2D eigenvalue weighted by atomic mass is 32.2. The van der Waals surface area contributed by atoms with E-state index in [9.17, 15) is 8.42 Å². The third-order valence-corrected chi connectivity index (χ3v) is 5.22. The third kappa shape index (κ3) is 4.18. The van der Waals surface area contributed by atoms with Crippen LogP contribution in [0.4, 0.5) is 0 Å². The molecule has 1 aliphatic heterocycles. The van der Waals surface area contributed by atoms with Gasteiger partial charge in [-0.05, 0) is 37.4 Å². The molecule has 0 amide bonds. The van der Waals surface area contributed by atoms with Crippen LogP contribution in [0.2, 0.25) is 0 Å². The molecule has 0 bridgehead atoms. The summed E-state index contributed by atoms with van der Waals surface area (Å²) in [4.78, 5) is 0.219. The van der Waals surface area contributed by atoms with E-state index < -0.39 is 10.0 Å². The van der Waals surface area contributed by atoms with Crippen LogP contribution in [0, 0.1) is 5.92 Å². The summed E-state index contributed by atoms with van der Waals surface area (Å²) in [6, 6.07) is 6.83. The van der Waals surface area contributed by atoms with Gasteiger partial charge in [0.05, 0.1) is 0 Å². The molecule has 2 N–H and O–H groups in total. The van der Waals surface area contributed by atoms with Crippen LogP contribution in [0.3, 0.4) is 0 Å². The van der Waals surface area contributed by atoms with Crippen molar-refractivity contribution < 1.29 is 13.2 Å². The van der Waals surface area contributed by atoms with Crippen molar-refractivity contribution >= 4 is 10.0 Å². The third-order valence-electron chi connectivity index (χ3n) is 3.72. The number of sulfonamides is 1. The largest absolute Gasteiger partial charge is 0.487 e. The maximum absolute atomic E-state index is 12.3. The van der Waals surface area contributed by atoms with Gasteiger partial charge in [0.15, 0.2) is 0 Å². The molecule has 2 atom stereocenters. The Morgan fingerprint density at radius 3 is 2.86 bits per heavy atom. The lowest BCUT2D eigenvalue weighted by Gasteiger charge is -2.30. The van der Waals surface area contributed by atoms with Gasteiger partial charge < -0.3 is 10.1 Å². The van der Waals surface area contributed by atoms with Crippen molar-refractivity contribution in [3.05, 3.63) is 24.3 Å². The molecule has 0 aromatic heterocycles. The summed E-state index contributed by atoms with van der Waals surface area (Å²) in [7, 11) is -3.52. The highest BCUT2D eigenvalue weighted by molar-refractivity contribution is 7.89. The van der Waals surface area contributed by atoms with Crippen molar-refractivity contribution in [1.82, 2.24) is 10.0 Å². The quantitative estimate of drug-likeness (QED) is 0.840. The van der Waals surface area contributed by atoms with Crippen LogP contribution in [0.25, 0.3) is 0 Å². The van der Waals surface area contributed by atoms with Crippen LogP contribution < -0.4 is 14.8 Å². The second kappa shape index (κ2) is 7.24. The number of rotatable bonds is 6. The summed E-state index contributed by atoms with van der Waals surface area (Å²) in [5, 5.41) is 3.29. The van der Waals surface area contributed by atoms with Crippen LogP contribution in [-0.2, 0) is 10.0 Å². The second-order valence-corrected chi connectivity index (χ2v) is 7.21. The number of hydrogen-bond donors (Lipinski definition) is 2. The number of piperidine rings is 1. The molecule has 1 saturated heterocycles. The van der Waals surface area contributed by atoms with Gasteiger partial charge in [0.25, 0.3) is 0 Å². The summed E-state index contributed by atoms with van der Waals surface area (Å²) >= 11 is 0. The molecule has 1 aromatic carbocycles. The Kier molecular flexibility index (Phi) is 5.61. The molecular weight excluding hydrogens is 288 g/mol. The van der Waals surface area contributed by atoms with E-state index >= 15 is 0 Å².